The zero-order valence-electron chi connectivity index (χ0n) is 29.2. The van der Waals surface area contributed by atoms with Crippen LogP contribution in [0.15, 0.2) is 48.5 Å². The molecule has 0 aromatic heterocycles. The molecule has 1 atom stereocenters. The fraction of sp³-hybridized carbons (Fsp3) is 0.595. The highest BCUT2D eigenvalue weighted by Crippen LogP contribution is 2.30. The number of piperidine rings is 1. The van der Waals surface area contributed by atoms with Gasteiger partial charge in [-0.1, -0.05) is 44.2 Å². The van der Waals surface area contributed by atoms with Gasteiger partial charge in [0.05, 0.1) is 5.92 Å². The number of hydrogen-bond donors (Lipinski definition) is 0. The van der Waals surface area contributed by atoms with Crippen molar-refractivity contribution in [1.82, 2.24) is 14.7 Å². The monoisotopic (exact) mass is 634 g/mol. The lowest BCUT2D eigenvalue weighted by Crippen LogP contribution is -2.57. The number of carbonyl (C=O) groups excluding carboxylic acids is 3. The van der Waals surface area contributed by atoms with E-state index in [4.69, 9.17) is 9.47 Å². The highest BCUT2D eigenvalue weighted by Gasteiger charge is 2.37. The number of rotatable bonds is 9. The zero-order valence-corrected chi connectivity index (χ0v) is 29.2. The molecule has 4 rings (SSSR count). The largest absolute Gasteiger partial charge is 0.478 e. The summed E-state index contributed by atoms with van der Waals surface area (Å²) in [6.07, 6.45) is 1.45. The van der Waals surface area contributed by atoms with E-state index in [1.54, 1.807) is 23.6 Å². The van der Waals surface area contributed by atoms with Crippen molar-refractivity contribution in [3.63, 3.8) is 0 Å². The van der Waals surface area contributed by atoms with Crippen molar-refractivity contribution in [1.29, 1.82) is 0 Å². The van der Waals surface area contributed by atoms with Crippen molar-refractivity contribution in [3.8, 4) is 5.75 Å². The summed E-state index contributed by atoms with van der Waals surface area (Å²) in [4.78, 5) is 47.3. The quantitative estimate of drug-likeness (QED) is 0.322. The molecule has 0 saturated carbocycles. The van der Waals surface area contributed by atoms with Crippen LogP contribution in [-0.2, 0) is 20.9 Å². The van der Waals surface area contributed by atoms with Gasteiger partial charge in [-0.05, 0) is 83.6 Å². The normalized spacial score (nSPS) is 17.6. The van der Waals surface area contributed by atoms with Crippen LogP contribution in [0.4, 0.5) is 10.5 Å². The van der Waals surface area contributed by atoms with Gasteiger partial charge in [-0.25, -0.2) is 4.79 Å². The van der Waals surface area contributed by atoms with Gasteiger partial charge in [0.1, 0.15) is 11.4 Å². The van der Waals surface area contributed by atoms with Gasteiger partial charge in [0, 0.05) is 64.1 Å². The van der Waals surface area contributed by atoms with Gasteiger partial charge in [0.15, 0.2) is 5.60 Å². The van der Waals surface area contributed by atoms with Gasteiger partial charge in [-0.3, -0.25) is 9.59 Å². The number of carbonyl (C=O) groups is 3. The average molecular weight is 635 g/mol. The molecule has 2 aliphatic heterocycles. The molecule has 2 aliphatic rings. The second-order valence-electron chi connectivity index (χ2n) is 14.4. The van der Waals surface area contributed by atoms with Crippen molar-refractivity contribution >= 4 is 23.6 Å². The maximum atomic E-state index is 13.7. The Balaban J connectivity index is 1.35. The molecule has 9 nitrogen and oxygen atoms in total. The number of anilines is 1. The molecule has 9 heteroatoms. The van der Waals surface area contributed by atoms with E-state index >= 15 is 0 Å². The SMILES string of the molecule is CCN(Cc1ccc(C(C)C)cc1)C(=O)[C@@H]1CCCN(c2cccc(OC(C)(C)C(=O)N3CCN(C(=O)OC(C)(C)C)CC3)c2)C1. The maximum Gasteiger partial charge on any atom is 0.410 e. The molecule has 3 amide bonds. The van der Waals surface area contributed by atoms with Crippen molar-refractivity contribution in [2.45, 2.75) is 91.9 Å². The average Bonchev–Trinajstić information content (AvgIpc) is 3.02. The molecule has 2 fully saturated rings. The maximum absolute atomic E-state index is 13.7. The summed E-state index contributed by atoms with van der Waals surface area (Å²) in [5, 5.41) is 0. The van der Waals surface area contributed by atoms with Crippen LogP contribution in [-0.4, -0.2) is 89.6 Å². The molecule has 252 valence electrons. The lowest BCUT2D eigenvalue weighted by Gasteiger charge is -2.39. The molecule has 46 heavy (non-hydrogen) atoms. The number of hydrogen-bond acceptors (Lipinski definition) is 6. The minimum Gasteiger partial charge on any atom is -0.478 e. The fourth-order valence-electron chi connectivity index (χ4n) is 6.13. The van der Waals surface area contributed by atoms with Crippen LogP contribution in [0.5, 0.6) is 5.75 Å². The predicted octanol–water partition coefficient (Wildman–Crippen LogP) is 6.31. The first-order valence-electron chi connectivity index (χ1n) is 16.9. The Hall–Kier alpha value is -3.75. The minimum atomic E-state index is -1.10. The van der Waals surface area contributed by atoms with Crippen LogP contribution < -0.4 is 9.64 Å². The third-order valence-electron chi connectivity index (χ3n) is 8.77. The van der Waals surface area contributed by atoms with E-state index < -0.39 is 11.2 Å². The van der Waals surface area contributed by atoms with Gasteiger partial charge >= 0.3 is 6.09 Å². The third-order valence-corrected chi connectivity index (χ3v) is 8.77. The smallest absolute Gasteiger partial charge is 0.410 e. The van der Waals surface area contributed by atoms with E-state index in [1.165, 1.54) is 5.56 Å². The molecule has 0 bridgehead atoms. The molecule has 2 aromatic carbocycles. The Kier molecular flexibility index (Phi) is 11.3. The van der Waals surface area contributed by atoms with E-state index in [0.29, 0.717) is 57.5 Å². The molecule has 2 aromatic rings. The summed E-state index contributed by atoms with van der Waals surface area (Å²) >= 11 is 0. The first-order chi connectivity index (χ1) is 21.7. The second-order valence-corrected chi connectivity index (χ2v) is 14.4. The molecule has 0 radical (unpaired) electrons. The van der Waals surface area contributed by atoms with Crippen LogP contribution in [0.25, 0.3) is 0 Å². The van der Waals surface area contributed by atoms with E-state index in [2.05, 4.69) is 43.0 Å². The summed E-state index contributed by atoms with van der Waals surface area (Å²) in [7, 11) is 0. The highest BCUT2D eigenvalue weighted by molar-refractivity contribution is 5.85. The van der Waals surface area contributed by atoms with Crippen molar-refractivity contribution in [3.05, 3.63) is 59.7 Å². The summed E-state index contributed by atoms with van der Waals surface area (Å²) in [6.45, 7) is 20.0. The van der Waals surface area contributed by atoms with Gasteiger partial charge in [-0.15, -0.1) is 0 Å². The Bertz CT molecular complexity index is 1340. The summed E-state index contributed by atoms with van der Waals surface area (Å²) in [5.41, 5.74) is 1.78. The topological polar surface area (TPSA) is 82.6 Å². The molecule has 0 spiro atoms. The van der Waals surface area contributed by atoms with Crippen LogP contribution >= 0.6 is 0 Å². The first-order valence-corrected chi connectivity index (χ1v) is 16.9. The van der Waals surface area contributed by atoms with Crippen LogP contribution in [0.1, 0.15) is 85.3 Å². The lowest BCUT2D eigenvalue weighted by molar-refractivity contribution is -0.147. The Morgan fingerprint density at radius 1 is 0.913 bits per heavy atom. The Labute approximate surface area is 275 Å². The number of ether oxygens (including phenoxy) is 2. The zero-order chi connectivity index (χ0) is 33.6. The molecule has 0 N–H and O–H groups in total. The summed E-state index contributed by atoms with van der Waals surface area (Å²) in [6, 6.07) is 16.4. The molecule has 0 aliphatic carbocycles. The van der Waals surface area contributed by atoms with Crippen molar-refractivity contribution in [2.24, 2.45) is 5.92 Å². The fourth-order valence-corrected chi connectivity index (χ4v) is 6.13. The van der Waals surface area contributed by atoms with Crippen molar-refractivity contribution in [2.75, 3.05) is 50.7 Å². The number of amides is 3. The van der Waals surface area contributed by atoms with E-state index in [-0.39, 0.29) is 23.8 Å². The number of piperazine rings is 1. The van der Waals surface area contributed by atoms with Crippen molar-refractivity contribution < 1.29 is 23.9 Å². The minimum absolute atomic E-state index is 0.0782. The molecule has 0 unspecified atom stereocenters. The molecule has 2 saturated heterocycles. The Morgan fingerprint density at radius 3 is 2.17 bits per heavy atom. The molecule has 2 heterocycles. The third kappa shape index (κ3) is 9.17. The lowest BCUT2D eigenvalue weighted by atomic mass is 9.95. The number of benzene rings is 2. The Morgan fingerprint density at radius 2 is 1.57 bits per heavy atom. The standard InChI is InChI=1S/C37H54N4O5/c1-9-38(25-28-15-17-29(18-16-28)27(2)3)33(42)30-12-11-19-41(26-30)31-13-10-14-32(24-31)45-37(7,8)34(43)39-20-22-40(23-21-39)35(44)46-36(4,5)6/h10,13-18,24,27,30H,9,11-12,19-23,25-26H2,1-8H3/t30-/m1/s1. The van der Waals surface area contributed by atoms with Gasteiger partial charge in [0.2, 0.25) is 5.91 Å². The van der Waals surface area contributed by atoms with Gasteiger partial charge in [-0.2, -0.15) is 0 Å². The van der Waals surface area contributed by atoms with Crippen LogP contribution in [0, 0.1) is 5.92 Å². The molecular weight excluding hydrogens is 580 g/mol. The highest BCUT2D eigenvalue weighted by atomic mass is 16.6. The van der Waals surface area contributed by atoms with Gasteiger partial charge < -0.3 is 29.1 Å². The molecular formula is C37H54N4O5. The van der Waals surface area contributed by atoms with E-state index in [9.17, 15) is 14.4 Å². The first kappa shape index (κ1) is 35.1. The van der Waals surface area contributed by atoms with Crippen LogP contribution in [0.2, 0.25) is 0 Å². The predicted molar refractivity (Wildman–Crippen MR) is 182 cm³/mol. The number of nitrogens with zero attached hydrogens (tertiary/aromatic N) is 4. The van der Waals surface area contributed by atoms with E-state index in [0.717, 1.165) is 30.6 Å². The summed E-state index contributed by atoms with van der Waals surface area (Å²) < 4.78 is 11.8. The second kappa shape index (κ2) is 14.8. The van der Waals surface area contributed by atoms with Crippen LogP contribution in [0.3, 0.4) is 0 Å². The van der Waals surface area contributed by atoms with Gasteiger partial charge in [0.25, 0.3) is 5.91 Å². The summed E-state index contributed by atoms with van der Waals surface area (Å²) in [5.74, 6) is 1.09. The van der Waals surface area contributed by atoms with E-state index in [1.807, 2.05) is 56.9 Å².